The zero-order valence-electron chi connectivity index (χ0n) is 36.7. The molecule has 0 saturated carbocycles. The third kappa shape index (κ3) is 42.6. The Morgan fingerprint density at radius 2 is 0.852 bits per heavy atom. The molecule has 0 aliphatic carbocycles. The van der Waals surface area contributed by atoms with Crippen LogP contribution in [0.25, 0.3) is 0 Å². The first kappa shape index (κ1) is 53.5. The van der Waals surface area contributed by atoms with Gasteiger partial charge < -0.3 is 27.9 Å². The van der Waals surface area contributed by atoms with Crippen LogP contribution in [-0.2, 0) is 27.9 Å². The fourth-order valence-corrected chi connectivity index (χ4v) is 7.51. The van der Waals surface area contributed by atoms with E-state index in [1.165, 1.54) is 173 Å². The summed E-state index contributed by atoms with van der Waals surface area (Å²) in [7, 11) is 1.38. The molecule has 0 N–H and O–H groups in total. The van der Waals surface area contributed by atoms with Crippen LogP contribution in [0.1, 0.15) is 226 Å². The molecular formula is C45H92NO7P. The van der Waals surface area contributed by atoms with Crippen LogP contribution >= 0.6 is 7.82 Å². The number of ether oxygens (including phenoxy) is 2. The summed E-state index contributed by atoms with van der Waals surface area (Å²) in [4.78, 5) is 25.1. The van der Waals surface area contributed by atoms with E-state index in [4.69, 9.17) is 18.5 Å². The number of likely N-dealkylation sites (N-methyl/N-ethyl adjacent to an activating group) is 1. The van der Waals surface area contributed by atoms with Gasteiger partial charge in [-0.3, -0.25) is 9.36 Å². The Balaban J connectivity index is 4.15. The van der Waals surface area contributed by atoms with E-state index in [0.29, 0.717) is 24.1 Å². The standard InChI is InChI=1S/C45H92NO7P/c1-6-8-10-12-14-16-18-20-22-23-25-27-29-31-33-35-37-40-50-42-44(43-52-54(48,49)51-41-39-46(3,4)5)53-45(47)38-36-34-32-30-28-26-24-21-19-17-15-13-11-9-7-2/h44H,6-43H2,1-5H3. The van der Waals surface area contributed by atoms with Gasteiger partial charge in [-0.1, -0.05) is 206 Å². The Morgan fingerprint density at radius 3 is 1.22 bits per heavy atom. The number of esters is 1. The first-order chi connectivity index (χ1) is 26.1. The quantitative estimate of drug-likeness (QED) is 0.0262. The normalized spacial score (nSPS) is 13.7. The lowest BCUT2D eigenvalue weighted by molar-refractivity contribution is -0.870. The number of phosphoric ester groups is 1. The Bertz CT molecular complexity index is 837. The molecule has 0 aliphatic rings. The summed E-state index contributed by atoms with van der Waals surface area (Å²) < 4.78 is 34.7. The monoisotopic (exact) mass is 790 g/mol. The predicted octanol–water partition coefficient (Wildman–Crippen LogP) is 13.0. The molecule has 2 unspecified atom stereocenters. The lowest BCUT2D eigenvalue weighted by atomic mass is 10.0. The molecule has 0 aromatic rings. The highest BCUT2D eigenvalue weighted by Gasteiger charge is 2.20. The highest BCUT2D eigenvalue weighted by atomic mass is 31.2. The summed E-state index contributed by atoms with van der Waals surface area (Å²) >= 11 is 0. The molecule has 9 heteroatoms. The van der Waals surface area contributed by atoms with Gasteiger partial charge in [-0.25, -0.2) is 0 Å². The lowest BCUT2D eigenvalue weighted by Crippen LogP contribution is -2.37. The van der Waals surface area contributed by atoms with E-state index < -0.39 is 13.9 Å². The van der Waals surface area contributed by atoms with Crippen LogP contribution in [0.5, 0.6) is 0 Å². The fourth-order valence-electron chi connectivity index (χ4n) is 6.78. The van der Waals surface area contributed by atoms with Crippen LogP contribution in [0.2, 0.25) is 0 Å². The van der Waals surface area contributed by atoms with Gasteiger partial charge in [-0.2, -0.15) is 0 Å². The molecule has 0 amide bonds. The molecule has 324 valence electrons. The molecule has 0 radical (unpaired) electrons. The highest BCUT2D eigenvalue weighted by Crippen LogP contribution is 2.38. The van der Waals surface area contributed by atoms with Crippen LogP contribution in [-0.4, -0.2) is 70.7 Å². The number of hydrogen-bond acceptors (Lipinski definition) is 7. The van der Waals surface area contributed by atoms with Crippen molar-refractivity contribution in [1.82, 2.24) is 0 Å². The number of unbranched alkanes of at least 4 members (excludes halogenated alkanes) is 30. The number of rotatable bonds is 44. The van der Waals surface area contributed by atoms with Gasteiger partial charge in [0.2, 0.25) is 0 Å². The predicted molar refractivity (Wildman–Crippen MR) is 227 cm³/mol. The van der Waals surface area contributed by atoms with Gasteiger partial charge in [0.25, 0.3) is 7.82 Å². The molecule has 0 rings (SSSR count). The first-order valence-electron chi connectivity index (χ1n) is 23.3. The van der Waals surface area contributed by atoms with Crippen molar-refractivity contribution in [3.8, 4) is 0 Å². The number of carbonyl (C=O) groups is 1. The summed E-state index contributed by atoms with van der Waals surface area (Å²) in [6.45, 7) is 5.48. The third-order valence-corrected chi connectivity index (χ3v) is 11.4. The van der Waals surface area contributed by atoms with Gasteiger partial charge >= 0.3 is 5.97 Å². The van der Waals surface area contributed by atoms with Crippen molar-refractivity contribution in [3.63, 3.8) is 0 Å². The van der Waals surface area contributed by atoms with Gasteiger partial charge in [0.1, 0.15) is 19.3 Å². The largest absolute Gasteiger partial charge is 0.756 e. The topological polar surface area (TPSA) is 94.1 Å². The summed E-state index contributed by atoms with van der Waals surface area (Å²) in [6, 6.07) is 0. The summed E-state index contributed by atoms with van der Waals surface area (Å²) in [5, 5.41) is 0. The van der Waals surface area contributed by atoms with Crippen LogP contribution in [0.3, 0.4) is 0 Å². The van der Waals surface area contributed by atoms with E-state index in [1.807, 2.05) is 21.1 Å². The van der Waals surface area contributed by atoms with E-state index in [0.717, 1.165) is 32.1 Å². The van der Waals surface area contributed by atoms with Gasteiger partial charge in [-0.05, 0) is 12.8 Å². The molecule has 2 atom stereocenters. The molecule has 8 nitrogen and oxygen atoms in total. The van der Waals surface area contributed by atoms with E-state index in [2.05, 4.69) is 13.8 Å². The third-order valence-electron chi connectivity index (χ3n) is 10.4. The van der Waals surface area contributed by atoms with Crippen molar-refractivity contribution in [2.24, 2.45) is 0 Å². The second kappa shape index (κ2) is 39.3. The van der Waals surface area contributed by atoms with Crippen molar-refractivity contribution in [2.75, 3.05) is 54.1 Å². The Hall–Kier alpha value is -0.500. The molecule has 0 aromatic carbocycles. The van der Waals surface area contributed by atoms with Crippen LogP contribution < -0.4 is 4.89 Å². The average Bonchev–Trinajstić information content (AvgIpc) is 3.12. The fraction of sp³-hybridized carbons (Fsp3) is 0.978. The van der Waals surface area contributed by atoms with Crippen LogP contribution in [0, 0.1) is 0 Å². The molecule has 0 aromatic heterocycles. The van der Waals surface area contributed by atoms with Crippen LogP contribution in [0.15, 0.2) is 0 Å². The SMILES string of the molecule is CCCCCCCCCCCCCCCCCCCOCC(COP(=O)([O-])OCC[N+](C)(C)C)OC(=O)CCCCCCCCCCCCCCCCC. The average molecular weight is 790 g/mol. The van der Waals surface area contributed by atoms with Gasteiger partial charge in [0.15, 0.2) is 0 Å². The van der Waals surface area contributed by atoms with Crippen molar-refractivity contribution in [3.05, 3.63) is 0 Å². The van der Waals surface area contributed by atoms with Crippen LogP contribution in [0.4, 0.5) is 0 Å². The molecular weight excluding hydrogens is 697 g/mol. The number of phosphoric acid groups is 1. The van der Waals surface area contributed by atoms with E-state index in [-0.39, 0.29) is 25.8 Å². The van der Waals surface area contributed by atoms with Gasteiger partial charge in [-0.15, -0.1) is 0 Å². The van der Waals surface area contributed by atoms with Crippen molar-refractivity contribution in [1.29, 1.82) is 0 Å². The minimum atomic E-state index is -4.52. The minimum absolute atomic E-state index is 0.0315. The molecule has 0 bridgehead atoms. The van der Waals surface area contributed by atoms with Crippen molar-refractivity contribution < 1.29 is 37.3 Å². The van der Waals surface area contributed by atoms with Crippen molar-refractivity contribution in [2.45, 2.75) is 232 Å². The number of hydrogen-bond donors (Lipinski definition) is 0. The van der Waals surface area contributed by atoms with Gasteiger partial charge in [0, 0.05) is 13.0 Å². The molecule has 0 heterocycles. The number of carbonyl (C=O) groups excluding carboxylic acids is 1. The maximum absolute atomic E-state index is 12.7. The van der Waals surface area contributed by atoms with E-state index in [1.54, 1.807) is 0 Å². The second-order valence-corrected chi connectivity index (χ2v) is 18.5. The molecule has 0 spiro atoms. The Kier molecular flexibility index (Phi) is 39.0. The van der Waals surface area contributed by atoms with E-state index >= 15 is 0 Å². The number of nitrogens with zero attached hydrogens (tertiary/aromatic N) is 1. The maximum atomic E-state index is 12.7. The first-order valence-corrected chi connectivity index (χ1v) is 24.7. The zero-order chi connectivity index (χ0) is 39.9. The minimum Gasteiger partial charge on any atom is -0.756 e. The summed E-state index contributed by atoms with van der Waals surface area (Å²) in [6.07, 6.45) is 41.1. The Labute approximate surface area is 336 Å². The number of quaternary nitrogens is 1. The summed E-state index contributed by atoms with van der Waals surface area (Å²) in [5.41, 5.74) is 0. The second-order valence-electron chi connectivity index (χ2n) is 17.1. The molecule has 0 saturated heterocycles. The maximum Gasteiger partial charge on any atom is 0.306 e. The molecule has 54 heavy (non-hydrogen) atoms. The van der Waals surface area contributed by atoms with Gasteiger partial charge in [0.05, 0.1) is 34.4 Å². The Morgan fingerprint density at radius 1 is 0.500 bits per heavy atom. The molecule has 0 aliphatic heterocycles. The zero-order valence-corrected chi connectivity index (χ0v) is 37.6. The smallest absolute Gasteiger partial charge is 0.306 e. The lowest BCUT2D eigenvalue weighted by Gasteiger charge is -2.28. The van der Waals surface area contributed by atoms with Crippen molar-refractivity contribution >= 4 is 13.8 Å². The molecule has 0 fully saturated rings. The summed E-state index contributed by atoms with van der Waals surface area (Å²) in [5.74, 6) is -0.327. The van der Waals surface area contributed by atoms with E-state index in [9.17, 15) is 14.3 Å². The highest BCUT2D eigenvalue weighted by molar-refractivity contribution is 7.45.